The Morgan fingerprint density at radius 1 is 1.30 bits per heavy atom. The number of hydrogen-bond acceptors (Lipinski definition) is 6. The van der Waals surface area contributed by atoms with E-state index < -0.39 is 17.6 Å². The van der Waals surface area contributed by atoms with Crippen LogP contribution in [0.15, 0.2) is 24.3 Å². The summed E-state index contributed by atoms with van der Waals surface area (Å²) in [6.07, 6.45) is 1.68. The smallest absolute Gasteiger partial charge is 0.308 e. The molecule has 1 saturated heterocycles. The van der Waals surface area contributed by atoms with Gasteiger partial charge in [-0.3, -0.25) is 19.2 Å². The van der Waals surface area contributed by atoms with Crippen LogP contribution in [0.2, 0.25) is 0 Å². The molecule has 1 N–H and O–H groups in total. The number of nitrogens with zero attached hydrogens (tertiary/aromatic N) is 1. The maximum atomic E-state index is 13.4. The molecule has 1 spiro atoms. The Kier molecular flexibility index (Phi) is 4.34. The lowest BCUT2D eigenvalue weighted by Gasteiger charge is -2.38. The third-order valence-corrected chi connectivity index (χ3v) is 7.12. The third-order valence-electron chi connectivity index (χ3n) is 7.12. The molecule has 2 saturated carbocycles. The first-order valence-corrected chi connectivity index (χ1v) is 10.4. The van der Waals surface area contributed by atoms with Crippen LogP contribution in [-0.4, -0.2) is 60.3 Å². The van der Waals surface area contributed by atoms with Gasteiger partial charge in [0.25, 0.3) is 0 Å². The molecule has 8 heteroatoms. The zero-order valence-electron chi connectivity index (χ0n) is 16.8. The van der Waals surface area contributed by atoms with Gasteiger partial charge in [-0.05, 0) is 30.9 Å². The van der Waals surface area contributed by atoms with Crippen LogP contribution in [0.25, 0.3) is 0 Å². The SMILES string of the molecule is COC(=O)C[C@@H]1C(=O)NCCN1C(=O)[C@@H]1[C@@H]2CC[C@@]3(CC(=O)c4ccccc4O3)[C@@H]21. The van der Waals surface area contributed by atoms with Gasteiger partial charge in [-0.15, -0.1) is 0 Å². The van der Waals surface area contributed by atoms with E-state index in [1.54, 1.807) is 6.07 Å². The minimum absolute atomic E-state index is 0.0360. The van der Waals surface area contributed by atoms with Gasteiger partial charge in [0.05, 0.1) is 25.5 Å². The molecule has 2 amide bonds. The highest BCUT2D eigenvalue weighted by molar-refractivity contribution is 6.01. The summed E-state index contributed by atoms with van der Waals surface area (Å²) in [5.74, 6) is -0.500. The molecule has 5 rings (SSSR count). The molecule has 0 bridgehead atoms. The molecule has 2 heterocycles. The molecule has 2 aliphatic carbocycles. The van der Waals surface area contributed by atoms with E-state index >= 15 is 0 Å². The van der Waals surface area contributed by atoms with Crippen LogP contribution in [-0.2, 0) is 19.1 Å². The van der Waals surface area contributed by atoms with Crippen molar-refractivity contribution in [2.45, 2.75) is 37.3 Å². The fraction of sp³-hybridized carbons (Fsp3) is 0.545. The molecule has 5 atom stereocenters. The number of fused-ring (bicyclic) bond motifs is 3. The van der Waals surface area contributed by atoms with E-state index in [4.69, 9.17) is 9.47 Å². The number of nitrogens with one attached hydrogen (secondary N) is 1. The van der Waals surface area contributed by atoms with E-state index in [0.29, 0.717) is 24.4 Å². The van der Waals surface area contributed by atoms with Crippen molar-refractivity contribution >= 4 is 23.6 Å². The van der Waals surface area contributed by atoms with Crippen molar-refractivity contribution < 1.29 is 28.7 Å². The molecule has 30 heavy (non-hydrogen) atoms. The highest BCUT2D eigenvalue weighted by Gasteiger charge is 2.71. The topological polar surface area (TPSA) is 102 Å². The van der Waals surface area contributed by atoms with Crippen molar-refractivity contribution in [1.82, 2.24) is 10.2 Å². The van der Waals surface area contributed by atoms with Gasteiger partial charge in [0.2, 0.25) is 11.8 Å². The minimum Gasteiger partial charge on any atom is -0.486 e. The minimum atomic E-state index is -0.856. The van der Waals surface area contributed by atoms with E-state index in [-0.39, 0.29) is 48.2 Å². The van der Waals surface area contributed by atoms with Gasteiger partial charge >= 0.3 is 5.97 Å². The largest absolute Gasteiger partial charge is 0.486 e. The second kappa shape index (κ2) is 6.82. The predicted octanol–water partition coefficient (Wildman–Crippen LogP) is 0.937. The highest BCUT2D eigenvalue weighted by atomic mass is 16.5. The lowest BCUT2D eigenvalue weighted by Crippen LogP contribution is -2.58. The molecule has 0 aromatic heterocycles. The Balaban J connectivity index is 1.37. The van der Waals surface area contributed by atoms with Crippen molar-refractivity contribution in [3.63, 3.8) is 0 Å². The average Bonchev–Trinajstić information content (AvgIpc) is 3.39. The second-order valence-electron chi connectivity index (χ2n) is 8.64. The van der Waals surface area contributed by atoms with Gasteiger partial charge in [0.15, 0.2) is 5.78 Å². The number of para-hydroxylation sites is 1. The number of esters is 1. The second-order valence-corrected chi connectivity index (χ2v) is 8.64. The van der Waals surface area contributed by atoms with Crippen molar-refractivity contribution in [2.24, 2.45) is 17.8 Å². The molecule has 0 radical (unpaired) electrons. The molecule has 4 aliphatic rings. The summed E-state index contributed by atoms with van der Waals surface area (Å²) in [6, 6.07) is 6.39. The predicted molar refractivity (Wildman–Crippen MR) is 104 cm³/mol. The first-order valence-electron chi connectivity index (χ1n) is 10.4. The number of Topliss-reactive ketones (excluding diaryl/α,β-unsaturated/α-hetero) is 1. The van der Waals surface area contributed by atoms with Crippen LogP contribution in [0, 0.1) is 17.8 Å². The van der Waals surface area contributed by atoms with Crippen LogP contribution in [0.4, 0.5) is 0 Å². The van der Waals surface area contributed by atoms with Gasteiger partial charge in [0, 0.05) is 24.9 Å². The number of amides is 2. The van der Waals surface area contributed by atoms with Crippen molar-refractivity contribution in [2.75, 3.05) is 20.2 Å². The Morgan fingerprint density at radius 3 is 2.90 bits per heavy atom. The number of ketones is 1. The Morgan fingerprint density at radius 2 is 2.10 bits per heavy atom. The number of hydrogen-bond donors (Lipinski definition) is 1. The number of rotatable bonds is 3. The molecular weight excluding hydrogens is 388 g/mol. The summed E-state index contributed by atoms with van der Waals surface area (Å²) >= 11 is 0. The quantitative estimate of drug-likeness (QED) is 0.742. The van der Waals surface area contributed by atoms with Crippen molar-refractivity contribution in [3.05, 3.63) is 29.8 Å². The third kappa shape index (κ3) is 2.80. The van der Waals surface area contributed by atoms with E-state index in [0.717, 1.165) is 12.8 Å². The zero-order valence-corrected chi connectivity index (χ0v) is 16.8. The van der Waals surface area contributed by atoms with Crippen LogP contribution >= 0.6 is 0 Å². The fourth-order valence-electron chi connectivity index (χ4n) is 5.71. The molecule has 3 fully saturated rings. The molecule has 1 aromatic rings. The van der Waals surface area contributed by atoms with Crippen LogP contribution in [0.5, 0.6) is 5.75 Å². The Bertz CT molecular complexity index is 945. The molecule has 0 unspecified atom stereocenters. The van der Waals surface area contributed by atoms with E-state index in [1.807, 2.05) is 18.2 Å². The molecule has 8 nitrogen and oxygen atoms in total. The summed E-state index contributed by atoms with van der Waals surface area (Å²) in [7, 11) is 1.26. The van der Waals surface area contributed by atoms with Gasteiger partial charge < -0.3 is 19.7 Å². The highest BCUT2D eigenvalue weighted by Crippen LogP contribution is 2.66. The maximum Gasteiger partial charge on any atom is 0.308 e. The summed E-state index contributed by atoms with van der Waals surface area (Å²) in [5, 5.41) is 2.72. The monoisotopic (exact) mass is 412 g/mol. The van der Waals surface area contributed by atoms with Crippen molar-refractivity contribution in [3.8, 4) is 5.75 Å². The summed E-state index contributed by atoms with van der Waals surface area (Å²) in [4.78, 5) is 51.8. The van der Waals surface area contributed by atoms with E-state index in [1.165, 1.54) is 12.0 Å². The summed E-state index contributed by atoms with van der Waals surface area (Å²) in [5.41, 5.74) is -0.0484. The van der Waals surface area contributed by atoms with Gasteiger partial charge in [-0.1, -0.05) is 12.1 Å². The first-order chi connectivity index (χ1) is 14.4. The average molecular weight is 412 g/mol. The zero-order chi connectivity index (χ0) is 21.0. The molecule has 2 aliphatic heterocycles. The first kappa shape index (κ1) is 19.1. The number of benzene rings is 1. The molecule has 1 aromatic carbocycles. The normalized spacial score (nSPS) is 34.0. The molecule has 158 valence electrons. The van der Waals surface area contributed by atoms with Gasteiger partial charge in [-0.2, -0.15) is 0 Å². The maximum absolute atomic E-state index is 13.4. The fourth-order valence-corrected chi connectivity index (χ4v) is 5.71. The van der Waals surface area contributed by atoms with Gasteiger partial charge in [-0.25, -0.2) is 0 Å². The number of carbonyl (C=O) groups is 4. The van der Waals surface area contributed by atoms with Crippen LogP contribution in [0.3, 0.4) is 0 Å². The van der Waals surface area contributed by atoms with Crippen molar-refractivity contribution in [1.29, 1.82) is 0 Å². The lowest BCUT2D eigenvalue weighted by molar-refractivity contribution is -0.151. The lowest BCUT2D eigenvalue weighted by atomic mass is 9.84. The summed E-state index contributed by atoms with van der Waals surface area (Å²) < 4.78 is 11.1. The van der Waals surface area contributed by atoms with Crippen LogP contribution < -0.4 is 10.1 Å². The number of piperazine rings is 1. The van der Waals surface area contributed by atoms with E-state index in [2.05, 4.69) is 5.32 Å². The Hall–Kier alpha value is -2.90. The standard InChI is InChI=1S/C22H24N2O6/c1-29-17(26)10-14-20(27)23-8-9-24(14)21(28)18-13-6-7-22(19(13)18)11-15(25)12-4-2-3-5-16(12)30-22/h2-5,13-14,18-19H,6-11H2,1H3,(H,23,27)/t13-,14+,18+,19-,22+/m0/s1. The number of methoxy groups -OCH3 is 1. The number of ether oxygens (including phenoxy) is 2. The van der Waals surface area contributed by atoms with Gasteiger partial charge in [0.1, 0.15) is 17.4 Å². The van der Waals surface area contributed by atoms with E-state index in [9.17, 15) is 19.2 Å². The molecular formula is C22H24N2O6. The summed E-state index contributed by atoms with van der Waals surface area (Å²) in [6.45, 7) is 0.718. The number of carbonyl (C=O) groups excluding carboxylic acids is 4. The van der Waals surface area contributed by atoms with Crippen LogP contribution in [0.1, 0.15) is 36.0 Å². The Labute approximate surface area is 173 Å².